The number of aliphatic hydroxyl groups is 1. The summed E-state index contributed by atoms with van der Waals surface area (Å²) in [7, 11) is 1.57. The third-order valence-corrected chi connectivity index (χ3v) is 3.93. The Morgan fingerprint density at radius 1 is 1.26 bits per heavy atom. The topological polar surface area (TPSA) is 78.4 Å². The van der Waals surface area contributed by atoms with Gasteiger partial charge >= 0.3 is 0 Å². The molecule has 0 aliphatic carbocycles. The van der Waals surface area contributed by atoms with E-state index < -0.39 is 6.10 Å². The molecule has 0 radical (unpaired) electrons. The van der Waals surface area contributed by atoms with Gasteiger partial charge in [-0.15, -0.1) is 0 Å². The van der Waals surface area contributed by atoms with Crippen molar-refractivity contribution in [3.8, 4) is 0 Å². The van der Waals surface area contributed by atoms with Crippen molar-refractivity contribution < 1.29 is 14.7 Å². The van der Waals surface area contributed by atoms with Crippen LogP contribution in [0.5, 0.6) is 0 Å². The second-order valence-corrected chi connectivity index (χ2v) is 5.63. The van der Waals surface area contributed by atoms with Crippen LogP contribution >= 0.6 is 11.3 Å². The predicted octanol–water partition coefficient (Wildman–Crippen LogP) is 1.97. The van der Waals surface area contributed by atoms with Crippen LogP contribution in [0.2, 0.25) is 0 Å². The quantitative estimate of drug-likeness (QED) is 0.709. The van der Waals surface area contributed by atoms with Crippen molar-refractivity contribution in [3.05, 3.63) is 63.9 Å². The molecule has 2 amide bonds. The summed E-state index contributed by atoms with van der Waals surface area (Å²) >= 11 is 1.50. The third kappa shape index (κ3) is 5.05. The monoisotopic (exact) mass is 330 g/mol. The maximum Gasteiger partial charge on any atom is 0.251 e. The van der Waals surface area contributed by atoms with Gasteiger partial charge in [0.1, 0.15) is 0 Å². The number of carbonyl (C=O) groups excluding carboxylic acids is 2. The van der Waals surface area contributed by atoms with Gasteiger partial charge < -0.3 is 15.7 Å². The molecule has 3 N–H and O–H groups in total. The fourth-order valence-electron chi connectivity index (χ4n) is 1.90. The molecule has 5 nitrogen and oxygen atoms in total. The van der Waals surface area contributed by atoms with Gasteiger partial charge in [-0.3, -0.25) is 9.59 Å². The maximum absolute atomic E-state index is 11.7. The van der Waals surface area contributed by atoms with Gasteiger partial charge in [-0.25, -0.2) is 0 Å². The Hall–Kier alpha value is -2.44. The van der Waals surface area contributed by atoms with Crippen LogP contribution in [0.1, 0.15) is 27.6 Å². The molecule has 0 spiro atoms. The van der Waals surface area contributed by atoms with Crippen LogP contribution < -0.4 is 10.6 Å². The number of amides is 2. The third-order valence-electron chi connectivity index (χ3n) is 3.22. The first kappa shape index (κ1) is 16.9. The molecule has 1 atom stereocenters. The van der Waals surface area contributed by atoms with Gasteiger partial charge in [0.05, 0.1) is 6.10 Å². The van der Waals surface area contributed by atoms with Gasteiger partial charge in [-0.1, -0.05) is 12.1 Å². The second kappa shape index (κ2) is 8.26. The minimum Gasteiger partial charge on any atom is -0.387 e. The Kier molecular flexibility index (Phi) is 6.08. The molecule has 0 fully saturated rings. The molecule has 0 aliphatic rings. The molecule has 6 heteroatoms. The van der Waals surface area contributed by atoms with E-state index in [9.17, 15) is 14.7 Å². The van der Waals surface area contributed by atoms with Crippen LogP contribution in [0, 0.1) is 0 Å². The average Bonchev–Trinajstić information content (AvgIpc) is 3.12. The first-order valence-electron chi connectivity index (χ1n) is 7.08. The second-order valence-electron chi connectivity index (χ2n) is 4.85. The smallest absolute Gasteiger partial charge is 0.251 e. The minimum absolute atomic E-state index is 0.152. The van der Waals surface area contributed by atoms with E-state index in [-0.39, 0.29) is 18.4 Å². The summed E-state index contributed by atoms with van der Waals surface area (Å²) in [6.45, 7) is 0.162. The van der Waals surface area contributed by atoms with Crippen LogP contribution in [0.25, 0.3) is 6.08 Å². The van der Waals surface area contributed by atoms with Crippen molar-refractivity contribution in [2.24, 2.45) is 0 Å². The van der Waals surface area contributed by atoms with Crippen LogP contribution in [0.4, 0.5) is 0 Å². The Morgan fingerprint density at radius 2 is 2.00 bits per heavy atom. The Labute approximate surface area is 138 Å². The SMILES string of the molecule is CNC(=O)c1ccc(/C=C/C(=O)NCC(O)c2ccsc2)cc1. The summed E-state index contributed by atoms with van der Waals surface area (Å²) in [6.07, 6.45) is 2.35. The summed E-state index contributed by atoms with van der Waals surface area (Å²) in [4.78, 5) is 23.2. The van der Waals surface area contributed by atoms with Crippen LogP contribution in [0.15, 0.2) is 47.2 Å². The minimum atomic E-state index is -0.703. The maximum atomic E-state index is 11.7. The number of rotatable bonds is 6. The molecule has 0 saturated heterocycles. The first-order chi connectivity index (χ1) is 11.1. The van der Waals surface area contributed by atoms with Gasteiger partial charge in [-0.05, 0) is 46.2 Å². The Morgan fingerprint density at radius 3 is 2.61 bits per heavy atom. The predicted molar refractivity (Wildman–Crippen MR) is 91.2 cm³/mol. The lowest BCUT2D eigenvalue weighted by molar-refractivity contribution is -0.116. The molecule has 0 saturated carbocycles. The molecule has 1 aromatic carbocycles. The van der Waals surface area contributed by atoms with Crippen LogP contribution in [-0.4, -0.2) is 30.5 Å². The zero-order valence-electron chi connectivity index (χ0n) is 12.7. The lowest BCUT2D eigenvalue weighted by Gasteiger charge is -2.08. The van der Waals surface area contributed by atoms with E-state index in [4.69, 9.17) is 0 Å². The molecule has 120 valence electrons. The molecule has 0 aliphatic heterocycles. The highest BCUT2D eigenvalue weighted by Gasteiger charge is 2.08. The lowest BCUT2D eigenvalue weighted by Crippen LogP contribution is -2.26. The zero-order valence-corrected chi connectivity index (χ0v) is 13.5. The first-order valence-corrected chi connectivity index (χ1v) is 8.02. The van der Waals surface area contributed by atoms with Crippen molar-refractivity contribution in [1.29, 1.82) is 0 Å². The van der Waals surface area contributed by atoms with E-state index in [1.165, 1.54) is 17.4 Å². The molecular weight excluding hydrogens is 312 g/mol. The fraction of sp³-hybridized carbons (Fsp3) is 0.176. The highest BCUT2D eigenvalue weighted by Crippen LogP contribution is 2.15. The van der Waals surface area contributed by atoms with Crippen LogP contribution in [0.3, 0.4) is 0 Å². The molecule has 1 aromatic heterocycles. The van der Waals surface area contributed by atoms with E-state index in [2.05, 4.69) is 10.6 Å². The molecule has 1 unspecified atom stereocenters. The van der Waals surface area contributed by atoms with Gasteiger partial charge in [0, 0.05) is 25.2 Å². The standard InChI is InChI=1S/C17H18N2O3S/c1-18-17(22)13-5-2-12(3-6-13)4-7-16(21)19-10-15(20)14-8-9-23-11-14/h2-9,11,15,20H,10H2,1H3,(H,18,22)(H,19,21)/b7-4+. The van der Waals surface area contributed by atoms with E-state index in [1.54, 1.807) is 37.4 Å². The number of thiophene rings is 1. The summed E-state index contributed by atoms with van der Waals surface area (Å²) in [5.74, 6) is -0.435. The van der Waals surface area contributed by atoms with Crippen molar-refractivity contribution in [1.82, 2.24) is 10.6 Å². The van der Waals surface area contributed by atoms with E-state index in [0.717, 1.165) is 11.1 Å². The Bertz CT molecular complexity index is 678. The van der Waals surface area contributed by atoms with Gasteiger partial charge in [-0.2, -0.15) is 11.3 Å². The van der Waals surface area contributed by atoms with Gasteiger partial charge in [0.25, 0.3) is 5.91 Å². The molecule has 23 heavy (non-hydrogen) atoms. The van der Waals surface area contributed by atoms with E-state index in [1.807, 2.05) is 16.8 Å². The van der Waals surface area contributed by atoms with Crippen molar-refractivity contribution >= 4 is 29.2 Å². The molecule has 2 aromatic rings. The fourth-order valence-corrected chi connectivity index (χ4v) is 2.61. The number of nitrogens with one attached hydrogen (secondary N) is 2. The van der Waals surface area contributed by atoms with Crippen molar-refractivity contribution in [3.63, 3.8) is 0 Å². The average molecular weight is 330 g/mol. The van der Waals surface area contributed by atoms with E-state index in [0.29, 0.717) is 5.56 Å². The molecule has 1 heterocycles. The molecule has 0 bridgehead atoms. The van der Waals surface area contributed by atoms with Crippen molar-refractivity contribution in [2.45, 2.75) is 6.10 Å². The summed E-state index contributed by atoms with van der Waals surface area (Å²) in [5, 5.41) is 18.8. The number of aliphatic hydroxyl groups excluding tert-OH is 1. The van der Waals surface area contributed by atoms with Gasteiger partial charge in [0.2, 0.25) is 5.91 Å². The molecular formula is C17H18N2O3S. The number of hydrogen-bond acceptors (Lipinski definition) is 4. The van der Waals surface area contributed by atoms with E-state index >= 15 is 0 Å². The molecule has 2 rings (SSSR count). The number of benzene rings is 1. The van der Waals surface area contributed by atoms with Crippen LogP contribution in [-0.2, 0) is 4.79 Å². The summed E-state index contributed by atoms with van der Waals surface area (Å²) in [5.41, 5.74) is 2.17. The Balaban J connectivity index is 1.84. The normalized spacial score (nSPS) is 12.1. The lowest BCUT2D eigenvalue weighted by atomic mass is 10.1. The largest absolute Gasteiger partial charge is 0.387 e. The zero-order chi connectivity index (χ0) is 16.7. The number of carbonyl (C=O) groups is 2. The highest BCUT2D eigenvalue weighted by molar-refractivity contribution is 7.07. The van der Waals surface area contributed by atoms with Gasteiger partial charge in [0.15, 0.2) is 0 Å². The highest BCUT2D eigenvalue weighted by atomic mass is 32.1. The van der Waals surface area contributed by atoms with Crippen molar-refractivity contribution in [2.75, 3.05) is 13.6 Å². The summed E-state index contributed by atoms with van der Waals surface area (Å²) in [6, 6.07) is 8.72. The number of hydrogen-bond donors (Lipinski definition) is 3. The summed E-state index contributed by atoms with van der Waals surface area (Å²) < 4.78 is 0.